The summed E-state index contributed by atoms with van der Waals surface area (Å²) < 4.78 is 5.91. The molecule has 0 N–H and O–H groups in total. The van der Waals surface area contributed by atoms with Crippen LogP contribution in [-0.2, 0) is 4.43 Å². The minimum atomic E-state index is -1.67. The number of benzene rings is 1. The molecule has 1 aromatic rings. The maximum absolute atomic E-state index is 5.91. The Balaban J connectivity index is 2.65. The Morgan fingerprint density at radius 1 is 1.21 bits per heavy atom. The third-order valence-corrected chi connectivity index (χ3v) is 4.86. The Bertz CT molecular complexity index is 290. The normalized spacial score (nSPS) is 12.2. The fourth-order valence-corrected chi connectivity index (χ4v) is 2.95. The summed E-state index contributed by atoms with van der Waals surface area (Å²) in [5.74, 6) is 0. The molecule has 0 atom stereocenters. The third-order valence-electron chi connectivity index (χ3n) is 2.25. The minimum Gasteiger partial charge on any atom is -0.409 e. The molecule has 1 nitrogen and oxygen atoms in total. The number of hydrogen-bond acceptors (Lipinski definition) is 1. The van der Waals surface area contributed by atoms with E-state index in [0.29, 0.717) is 0 Å². The van der Waals surface area contributed by atoms with Crippen LogP contribution < -0.4 is 5.19 Å². The Morgan fingerprint density at radius 2 is 1.86 bits per heavy atom. The molecule has 0 saturated heterocycles. The van der Waals surface area contributed by atoms with E-state index < -0.39 is 8.32 Å². The lowest BCUT2D eigenvalue weighted by molar-refractivity contribution is 0.362. The maximum Gasteiger partial charge on any atom is 0.218 e. The van der Waals surface area contributed by atoms with Crippen LogP contribution in [0.2, 0.25) is 13.1 Å². The SMILES string of the molecule is C/C=C/CO[Si](C)(C)c1ccccc1. The molecular formula is C12H18OSi. The fraction of sp³-hybridized carbons (Fsp3) is 0.333. The van der Waals surface area contributed by atoms with Crippen LogP contribution in [-0.4, -0.2) is 14.9 Å². The molecule has 0 aliphatic heterocycles. The van der Waals surface area contributed by atoms with Gasteiger partial charge in [0, 0.05) is 0 Å². The van der Waals surface area contributed by atoms with Gasteiger partial charge in [0.1, 0.15) is 0 Å². The molecule has 76 valence electrons. The van der Waals surface area contributed by atoms with E-state index in [1.807, 2.05) is 19.1 Å². The van der Waals surface area contributed by atoms with E-state index in [1.54, 1.807) is 0 Å². The van der Waals surface area contributed by atoms with E-state index in [4.69, 9.17) is 4.43 Å². The topological polar surface area (TPSA) is 9.23 Å². The highest BCUT2D eigenvalue weighted by Crippen LogP contribution is 2.04. The van der Waals surface area contributed by atoms with Gasteiger partial charge >= 0.3 is 0 Å². The van der Waals surface area contributed by atoms with Gasteiger partial charge < -0.3 is 4.43 Å². The highest BCUT2D eigenvalue weighted by molar-refractivity contribution is 6.84. The van der Waals surface area contributed by atoms with Gasteiger partial charge in [-0.3, -0.25) is 0 Å². The van der Waals surface area contributed by atoms with E-state index >= 15 is 0 Å². The molecule has 2 heteroatoms. The average molecular weight is 206 g/mol. The van der Waals surface area contributed by atoms with Crippen molar-refractivity contribution in [1.82, 2.24) is 0 Å². The first-order chi connectivity index (χ1) is 6.67. The molecule has 0 bridgehead atoms. The van der Waals surface area contributed by atoms with Gasteiger partial charge in [0.2, 0.25) is 8.32 Å². The molecular weight excluding hydrogens is 188 g/mol. The van der Waals surface area contributed by atoms with Crippen LogP contribution in [0.3, 0.4) is 0 Å². The molecule has 0 aliphatic rings. The first-order valence-corrected chi connectivity index (χ1v) is 7.88. The first-order valence-electron chi connectivity index (χ1n) is 4.97. The van der Waals surface area contributed by atoms with E-state index in [-0.39, 0.29) is 0 Å². The van der Waals surface area contributed by atoms with E-state index in [0.717, 1.165) is 6.61 Å². The molecule has 14 heavy (non-hydrogen) atoms. The summed E-state index contributed by atoms with van der Waals surface area (Å²) in [5, 5.41) is 1.35. The smallest absolute Gasteiger partial charge is 0.218 e. The van der Waals surface area contributed by atoms with Crippen LogP contribution in [0, 0.1) is 0 Å². The molecule has 0 aromatic heterocycles. The molecule has 0 unspecified atom stereocenters. The van der Waals surface area contributed by atoms with Crippen molar-refractivity contribution in [3.05, 3.63) is 42.5 Å². The van der Waals surface area contributed by atoms with Gasteiger partial charge in [-0.1, -0.05) is 42.5 Å². The maximum atomic E-state index is 5.91. The molecule has 0 radical (unpaired) electrons. The van der Waals surface area contributed by atoms with Crippen molar-refractivity contribution >= 4 is 13.5 Å². The lowest BCUT2D eigenvalue weighted by Crippen LogP contribution is -2.44. The monoisotopic (exact) mass is 206 g/mol. The van der Waals surface area contributed by atoms with Crippen LogP contribution >= 0.6 is 0 Å². The van der Waals surface area contributed by atoms with E-state index in [1.165, 1.54) is 5.19 Å². The summed E-state index contributed by atoms with van der Waals surface area (Å²) in [4.78, 5) is 0. The van der Waals surface area contributed by atoms with Crippen LogP contribution in [0.25, 0.3) is 0 Å². The molecule has 0 fully saturated rings. The molecule has 0 spiro atoms. The second kappa shape index (κ2) is 5.13. The largest absolute Gasteiger partial charge is 0.409 e. The van der Waals surface area contributed by atoms with Gasteiger partial charge in [0.05, 0.1) is 6.61 Å². The van der Waals surface area contributed by atoms with Gasteiger partial charge in [-0.05, 0) is 25.2 Å². The Morgan fingerprint density at radius 3 is 2.43 bits per heavy atom. The first kappa shape index (κ1) is 11.2. The number of rotatable bonds is 4. The van der Waals surface area contributed by atoms with E-state index in [9.17, 15) is 0 Å². The average Bonchev–Trinajstić information content (AvgIpc) is 2.19. The summed E-state index contributed by atoms with van der Waals surface area (Å²) >= 11 is 0. The summed E-state index contributed by atoms with van der Waals surface area (Å²) in [7, 11) is -1.67. The van der Waals surface area contributed by atoms with Gasteiger partial charge in [-0.15, -0.1) is 0 Å². The predicted molar refractivity (Wildman–Crippen MR) is 64.3 cm³/mol. The minimum absolute atomic E-state index is 0.727. The Hall–Kier alpha value is -0.863. The van der Waals surface area contributed by atoms with Gasteiger partial charge in [0.15, 0.2) is 0 Å². The summed E-state index contributed by atoms with van der Waals surface area (Å²) in [5.41, 5.74) is 0. The van der Waals surface area contributed by atoms with Crippen molar-refractivity contribution in [2.45, 2.75) is 20.0 Å². The standard InChI is InChI=1S/C12H18OSi/c1-4-5-11-13-14(2,3)12-9-7-6-8-10-12/h4-10H,11H2,1-3H3/b5-4+. The van der Waals surface area contributed by atoms with Crippen LogP contribution in [0.5, 0.6) is 0 Å². The number of hydrogen-bond donors (Lipinski definition) is 0. The lowest BCUT2D eigenvalue weighted by Gasteiger charge is -2.22. The van der Waals surface area contributed by atoms with Crippen molar-refractivity contribution in [2.75, 3.05) is 6.61 Å². The van der Waals surface area contributed by atoms with Gasteiger partial charge in [-0.25, -0.2) is 0 Å². The van der Waals surface area contributed by atoms with Crippen LogP contribution in [0.4, 0.5) is 0 Å². The molecule has 1 rings (SSSR count). The van der Waals surface area contributed by atoms with Crippen molar-refractivity contribution in [1.29, 1.82) is 0 Å². The highest BCUT2D eigenvalue weighted by Gasteiger charge is 2.23. The Labute approximate surface area is 87.5 Å². The predicted octanol–water partition coefficient (Wildman–Crippen LogP) is 2.69. The molecule has 0 aliphatic carbocycles. The third kappa shape index (κ3) is 3.12. The zero-order chi connectivity index (χ0) is 10.4. The quantitative estimate of drug-likeness (QED) is 0.543. The zero-order valence-corrected chi connectivity index (χ0v) is 10.2. The molecule has 0 amide bonds. The van der Waals surface area contributed by atoms with Gasteiger partial charge in [-0.2, -0.15) is 0 Å². The molecule has 0 heterocycles. The Kier molecular flexibility index (Phi) is 4.11. The second-order valence-corrected chi connectivity index (χ2v) is 7.64. The second-order valence-electron chi connectivity index (χ2n) is 3.76. The number of allylic oxidation sites excluding steroid dienone is 1. The fourth-order valence-electron chi connectivity index (χ4n) is 1.28. The lowest BCUT2D eigenvalue weighted by atomic mass is 10.4. The van der Waals surface area contributed by atoms with E-state index in [2.05, 4.69) is 43.4 Å². The summed E-state index contributed by atoms with van der Waals surface area (Å²) in [6.45, 7) is 7.20. The van der Waals surface area contributed by atoms with Crippen molar-refractivity contribution < 1.29 is 4.43 Å². The molecule has 1 aromatic carbocycles. The highest BCUT2D eigenvalue weighted by atomic mass is 28.4. The van der Waals surface area contributed by atoms with Crippen molar-refractivity contribution in [3.8, 4) is 0 Å². The molecule has 0 saturated carbocycles. The van der Waals surface area contributed by atoms with Crippen LogP contribution in [0.15, 0.2) is 42.5 Å². The summed E-state index contributed by atoms with van der Waals surface area (Å²) in [6, 6.07) is 10.5. The summed E-state index contributed by atoms with van der Waals surface area (Å²) in [6.07, 6.45) is 4.08. The van der Waals surface area contributed by atoms with Gasteiger partial charge in [0.25, 0.3) is 0 Å². The van der Waals surface area contributed by atoms with Crippen molar-refractivity contribution in [3.63, 3.8) is 0 Å². The van der Waals surface area contributed by atoms with Crippen LogP contribution in [0.1, 0.15) is 6.92 Å². The zero-order valence-electron chi connectivity index (χ0n) is 9.16. The van der Waals surface area contributed by atoms with Crippen molar-refractivity contribution in [2.24, 2.45) is 0 Å².